The third kappa shape index (κ3) is 4.63. The zero-order valence-corrected chi connectivity index (χ0v) is 9.64. The highest BCUT2D eigenvalue weighted by Gasteiger charge is 2.20. The number of rotatable bonds is 7. The first kappa shape index (κ1) is 12.9. The number of unbranched alkanes of at least 4 members (excludes halogenated alkanes) is 1. The van der Waals surface area contributed by atoms with Gasteiger partial charge in [-0.25, -0.2) is 0 Å². The lowest BCUT2D eigenvalue weighted by atomic mass is 9.85. The highest BCUT2D eigenvalue weighted by Crippen LogP contribution is 2.21. The zero-order valence-electron chi connectivity index (χ0n) is 9.64. The van der Waals surface area contributed by atoms with Crippen LogP contribution < -0.4 is 11.3 Å². The van der Waals surface area contributed by atoms with E-state index in [0.717, 1.165) is 5.92 Å². The van der Waals surface area contributed by atoms with Crippen LogP contribution >= 0.6 is 0 Å². The molecule has 0 saturated carbocycles. The molecule has 0 aliphatic carbocycles. The molecule has 2 atom stereocenters. The van der Waals surface area contributed by atoms with Gasteiger partial charge in [0, 0.05) is 6.04 Å². The summed E-state index contributed by atoms with van der Waals surface area (Å²) in [6.45, 7) is 8.97. The van der Waals surface area contributed by atoms with Gasteiger partial charge in [-0.2, -0.15) is 0 Å². The highest BCUT2D eigenvalue weighted by atomic mass is 15.2. The zero-order chi connectivity index (χ0) is 10.3. The Bertz CT molecular complexity index is 113. The molecule has 0 rings (SSSR count). The molecule has 2 nitrogen and oxygen atoms in total. The fourth-order valence-corrected chi connectivity index (χ4v) is 1.98. The lowest BCUT2D eigenvalue weighted by Gasteiger charge is -2.28. The van der Waals surface area contributed by atoms with Gasteiger partial charge in [0.15, 0.2) is 0 Å². The van der Waals surface area contributed by atoms with Crippen LogP contribution in [0.4, 0.5) is 0 Å². The molecule has 2 heteroatoms. The summed E-state index contributed by atoms with van der Waals surface area (Å²) in [5.41, 5.74) is 2.96. The normalized spacial score (nSPS) is 16.2. The van der Waals surface area contributed by atoms with E-state index >= 15 is 0 Å². The second kappa shape index (κ2) is 7.34. The summed E-state index contributed by atoms with van der Waals surface area (Å²) in [6, 6.07) is 0.483. The first-order valence-electron chi connectivity index (χ1n) is 5.63. The summed E-state index contributed by atoms with van der Waals surface area (Å²) >= 11 is 0. The third-order valence-electron chi connectivity index (χ3n) is 2.87. The van der Waals surface area contributed by atoms with Crippen LogP contribution in [0.2, 0.25) is 0 Å². The van der Waals surface area contributed by atoms with Gasteiger partial charge >= 0.3 is 0 Å². The second-order valence-electron chi connectivity index (χ2n) is 4.25. The first-order chi connectivity index (χ1) is 6.17. The number of hydrogen-bond acceptors (Lipinski definition) is 2. The Morgan fingerprint density at radius 1 is 1.23 bits per heavy atom. The molecule has 0 amide bonds. The number of hydrazine groups is 1. The SMILES string of the molecule is CCCCC(CC)C(NN)C(C)C. The summed E-state index contributed by atoms with van der Waals surface area (Å²) < 4.78 is 0. The monoisotopic (exact) mass is 186 g/mol. The van der Waals surface area contributed by atoms with Gasteiger partial charge in [-0.3, -0.25) is 11.3 Å². The van der Waals surface area contributed by atoms with Gasteiger partial charge in [0.05, 0.1) is 0 Å². The summed E-state index contributed by atoms with van der Waals surface area (Å²) in [5, 5.41) is 0. The fourth-order valence-electron chi connectivity index (χ4n) is 1.98. The van der Waals surface area contributed by atoms with Crippen molar-refractivity contribution in [3.8, 4) is 0 Å². The van der Waals surface area contributed by atoms with Gasteiger partial charge in [-0.1, -0.05) is 47.0 Å². The van der Waals surface area contributed by atoms with E-state index in [1.54, 1.807) is 0 Å². The van der Waals surface area contributed by atoms with E-state index in [2.05, 4.69) is 33.1 Å². The number of hydrogen-bond donors (Lipinski definition) is 2. The van der Waals surface area contributed by atoms with E-state index in [1.807, 2.05) is 0 Å². The van der Waals surface area contributed by atoms with Gasteiger partial charge in [0.1, 0.15) is 0 Å². The molecule has 0 heterocycles. The average molecular weight is 186 g/mol. The lowest BCUT2D eigenvalue weighted by Crippen LogP contribution is -2.44. The van der Waals surface area contributed by atoms with Crippen molar-refractivity contribution in [1.82, 2.24) is 5.43 Å². The van der Waals surface area contributed by atoms with Gasteiger partial charge in [0.2, 0.25) is 0 Å². The number of nitrogens with two attached hydrogens (primary N) is 1. The van der Waals surface area contributed by atoms with Crippen molar-refractivity contribution in [2.45, 2.75) is 59.4 Å². The van der Waals surface area contributed by atoms with E-state index in [0.29, 0.717) is 12.0 Å². The second-order valence-corrected chi connectivity index (χ2v) is 4.25. The van der Waals surface area contributed by atoms with Crippen LogP contribution in [-0.2, 0) is 0 Å². The molecule has 0 aromatic carbocycles. The molecule has 0 aromatic heterocycles. The van der Waals surface area contributed by atoms with Crippen molar-refractivity contribution in [1.29, 1.82) is 0 Å². The van der Waals surface area contributed by atoms with Gasteiger partial charge in [-0.05, 0) is 18.3 Å². The maximum atomic E-state index is 5.57. The fraction of sp³-hybridized carbons (Fsp3) is 1.00. The van der Waals surface area contributed by atoms with Gasteiger partial charge in [0.25, 0.3) is 0 Å². The Morgan fingerprint density at radius 3 is 2.15 bits per heavy atom. The highest BCUT2D eigenvalue weighted by molar-refractivity contribution is 4.76. The van der Waals surface area contributed by atoms with Crippen molar-refractivity contribution in [2.75, 3.05) is 0 Å². The minimum absolute atomic E-state index is 0.483. The van der Waals surface area contributed by atoms with Crippen LogP contribution in [-0.4, -0.2) is 6.04 Å². The standard InChI is InChI=1S/C11H26N2/c1-5-7-8-10(6-2)11(13-12)9(3)4/h9-11,13H,5-8,12H2,1-4H3. The average Bonchev–Trinajstić information content (AvgIpc) is 2.11. The number of nitrogens with one attached hydrogen (secondary N) is 1. The molecule has 0 aliphatic rings. The molecule has 0 bridgehead atoms. The molecule has 2 unspecified atom stereocenters. The van der Waals surface area contributed by atoms with Crippen LogP contribution in [0.1, 0.15) is 53.4 Å². The summed E-state index contributed by atoms with van der Waals surface area (Å²) in [5.74, 6) is 6.94. The van der Waals surface area contributed by atoms with E-state index < -0.39 is 0 Å². The smallest absolute Gasteiger partial charge is 0.0261 e. The molecule has 0 aromatic rings. The maximum absolute atomic E-state index is 5.57. The van der Waals surface area contributed by atoms with Crippen LogP contribution in [0.15, 0.2) is 0 Å². The molecular weight excluding hydrogens is 160 g/mol. The molecule has 0 fully saturated rings. The minimum atomic E-state index is 0.483. The quantitative estimate of drug-likeness (QED) is 0.474. The Balaban J connectivity index is 4.00. The predicted octanol–water partition coefficient (Wildman–Crippen LogP) is 2.69. The molecule has 13 heavy (non-hydrogen) atoms. The van der Waals surface area contributed by atoms with E-state index in [1.165, 1.54) is 25.7 Å². The van der Waals surface area contributed by atoms with Crippen LogP contribution in [0, 0.1) is 11.8 Å². The Morgan fingerprint density at radius 2 is 1.85 bits per heavy atom. The lowest BCUT2D eigenvalue weighted by molar-refractivity contribution is 0.260. The molecular formula is C11H26N2. The van der Waals surface area contributed by atoms with Crippen molar-refractivity contribution >= 4 is 0 Å². The molecule has 3 N–H and O–H groups in total. The molecule has 0 aliphatic heterocycles. The maximum Gasteiger partial charge on any atom is 0.0261 e. The van der Waals surface area contributed by atoms with Crippen molar-refractivity contribution in [2.24, 2.45) is 17.7 Å². The summed E-state index contributed by atoms with van der Waals surface area (Å²) in [4.78, 5) is 0. The Labute approximate surface area is 83.2 Å². The topological polar surface area (TPSA) is 38.0 Å². The van der Waals surface area contributed by atoms with Crippen LogP contribution in [0.3, 0.4) is 0 Å². The van der Waals surface area contributed by atoms with Crippen molar-refractivity contribution in [3.63, 3.8) is 0 Å². The Hall–Kier alpha value is -0.0800. The van der Waals surface area contributed by atoms with Gasteiger partial charge in [-0.15, -0.1) is 0 Å². The molecule has 0 spiro atoms. The van der Waals surface area contributed by atoms with E-state index in [4.69, 9.17) is 5.84 Å². The van der Waals surface area contributed by atoms with Crippen molar-refractivity contribution in [3.05, 3.63) is 0 Å². The van der Waals surface area contributed by atoms with E-state index in [-0.39, 0.29) is 0 Å². The largest absolute Gasteiger partial charge is 0.271 e. The van der Waals surface area contributed by atoms with Gasteiger partial charge < -0.3 is 0 Å². The van der Waals surface area contributed by atoms with Crippen molar-refractivity contribution < 1.29 is 0 Å². The Kier molecular flexibility index (Phi) is 7.29. The third-order valence-corrected chi connectivity index (χ3v) is 2.87. The summed E-state index contributed by atoms with van der Waals surface area (Å²) in [6.07, 6.45) is 5.14. The van der Waals surface area contributed by atoms with Crippen LogP contribution in [0.25, 0.3) is 0 Å². The summed E-state index contributed by atoms with van der Waals surface area (Å²) in [7, 11) is 0. The molecule has 80 valence electrons. The van der Waals surface area contributed by atoms with E-state index in [9.17, 15) is 0 Å². The molecule has 0 radical (unpaired) electrons. The predicted molar refractivity (Wildman–Crippen MR) is 59.3 cm³/mol. The first-order valence-corrected chi connectivity index (χ1v) is 5.63. The minimum Gasteiger partial charge on any atom is -0.271 e. The molecule has 0 saturated heterocycles. The van der Waals surface area contributed by atoms with Crippen LogP contribution in [0.5, 0.6) is 0 Å².